The highest BCUT2D eigenvalue weighted by atomic mass is 16.5. The number of hydrogen-bond donors (Lipinski definition) is 1. The number of ether oxygens (including phenoxy) is 1. The first-order valence-corrected chi connectivity index (χ1v) is 7.18. The Morgan fingerprint density at radius 2 is 1.37 bits per heavy atom. The van der Waals surface area contributed by atoms with Gasteiger partial charge in [0.15, 0.2) is 0 Å². The Morgan fingerprint density at radius 3 is 1.84 bits per heavy atom. The minimum atomic E-state index is -0.697. The van der Waals surface area contributed by atoms with Gasteiger partial charge in [0.05, 0.1) is 6.61 Å². The van der Waals surface area contributed by atoms with Crippen LogP contribution in [0.3, 0.4) is 0 Å². The van der Waals surface area contributed by atoms with Gasteiger partial charge in [0.2, 0.25) is 0 Å². The Morgan fingerprint density at radius 1 is 0.895 bits per heavy atom. The normalized spacial score (nSPS) is 10.1. The maximum Gasteiger partial charge on any atom is 0.330 e. The molecule has 0 atom stereocenters. The Bertz CT molecular complexity index is 261. The van der Waals surface area contributed by atoms with Crippen LogP contribution in [0.1, 0.15) is 64.2 Å². The van der Waals surface area contributed by atoms with E-state index in [1.165, 1.54) is 31.8 Å². The number of hydrogen-bond acceptors (Lipinski definition) is 3. The second-order valence-corrected chi connectivity index (χ2v) is 4.70. The van der Waals surface area contributed by atoms with Crippen molar-refractivity contribution in [2.45, 2.75) is 64.2 Å². The van der Waals surface area contributed by atoms with E-state index in [4.69, 9.17) is 9.84 Å². The molecule has 0 saturated carbocycles. The van der Waals surface area contributed by atoms with Gasteiger partial charge in [-0.2, -0.15) is 0 Å². The molecule has 0 bridgehead atoms. The predicted molar refractivity (Wildman–Crippen MR) is 75.0 cm³/mol. The molecular formula is C15H26O4. The van der Waals surface area contributed by atoms with Crippen molar-refractivity contribution in [1.29, 1.82) is 0 Å². The number of esters is 1. The first-order chi connectivity index (χ1) is 9.16. The molecule has 0 radical (unpaired) electrons. The van der Waals surface area contributed by atoms with Crippen LogP contribution in [0.4, 0.5) is 0 Å². The molecule has 110 valence electrons. The summed E-state index contributed by atoms with van der Waals surface area (Å²) in [6.07, 6.45) is 11.2. The first-order valence-electron chi connectivity index (χ1n) is 7.18. The monoisotopic (exact) mass is 270 g/mol. The fourth-order valence-corrected chi connectivity index (χ4v) is 1.85. The van der Waals surface area contributed by atoms with Gasteiger partial charge in [-0.05, 0) is 12.8 Å². The zero-order valence-electron chi connectivity index (χ0n) is 11.7. The van der Waals surface area contributed by atoms with E-state index in [1.54, 1.807) is 0 Å². The van der Waals surface area contributed by atoms with Gasteiger partial charge >= 0.3 is 11.9 Å². The maximum absolute atomic E-state index is 10.7. The Balaban J connectivity index is 3.05. The van der Waals surface area contributed by atoms with Crippen LogP contribution in [-0.2, 0) is 14.3 Å². The zero-order valence-corrected chi connectivity index (χ0v) is 11.7. The smallest absolute Gasteiger partial charge is 0.330 e. The summed E-state index contributed by atoms with van der Waals surface area (Å²) in [6.45, 7) is 3.82. The van der Waals surface area contributed by atoms with Crippen molar-refractivity contribution in [3.8, 4) is 0 Å². The number of carboxylic acid groups (broad SMARTS) is 1. The lowest BCUT2D eigenvalue weighted by molar-refractivity contribution is -0.138. The highest BCUT2D eigenvalue weighted by Crippen LogP contribution is 2.10. The molecule has 19 heavy (non-hydrogen) atoms. The van der Waals surface area contributed by atoms with E-state index < -0.39 is 5.97 Å². The molecule has 0 aliphatic rings. The van der Waals surface area contributed by atoms with Crippen LogP contribution >= 0.6 is 0 Å². The van der Waals surface area contributed by atoms with Crippen LogP contribution in [0.5, 0.6) is 0 Å². The number of aliphatic carboxylic acids is 1. The van der Waals surface area contributed by atoms with Gasteiger partial charge < -0.3 is 9.84 Å². The third-order valence-corrected chi connectivity index (χ3v) is 2.95. The molecule has 0 aliphatic heterocycles. The van der Waals surface area contributed by atoms with E-state index in [-0.39, 0.29) is 5.97 Å². The average molecular weight is 270 g/mol. The van der Waals surface area contributed by atoms with Crippen molar-refractivity contribution < 1.29 is 19.4 Å². The van der Waals surface area contributed by atoms with Crippen LogP contribution in [0.15, 0.2) is 12.7 Å². The fourth-order valence-electron chi connectivity index (χ4n) is 1.85. The number of carboxylic acids is 1. The second-order valence-electron chi connectivity index (χ2n) is 4.70. The zero-order chi connectivity index (χ0) is 14.3. The van der Waals surface area contributed by atoms with Crippen LogP contribution in [0.2, 0.25) is 0 Å². The van der Waals surface area contributed by atoms with E-state index >= 15 is 0 Å². The first kappa shape index (κ1) is 17.7. The standard InChI is InChI=1S/C15H26O4/c1-2-15(18)19-13-11-9-7-5-3-4-6-8-10-12-14(16)17/h2H,1,3-13H2,(H,16,17). The van der Waals surface area contributed by atoms with Gasteiger partial charge in [-0.3, -0.25) is 4.79 Å². The van der Waals surface area contributed by atoms with Crippen molar-refractivity contribution in [2.24, 2.45) is 0 Å². The van der Waals surface area contributed by atoms with Crippen molar-refractivity contribution in [1.82, 2.24) is 0 Å². The topological polar surface area (TPSA) is 63.6 Å². The molecule has 0 unspecified atom stereocenters. The lowest BCUT2D eigenvalue weighted by Crippen LogP contribution is -2.01. The van der Waals surface area contributed by atoms with Crippen molar-refractivity contribution in [3.05, 3.63) is 12.7 Å². The fraction of sp³-hybridized carbons (Fsp3) is 0.733. The molecule has 0 aromatic heterocycles. The van der Waals surface area contributed by atoms with E-state index in [1.807, 2.05) is 0 Å². The van der Waals surface area contributed by atoms with E-state index in [2.05, 4.69) is 6.58 Å². The van der Waals surface area contributed by atoms with Gasteiger partial charge in [0.1, 0.15) is 0 Å². The lowest BCUT2D eigenvalue weighted by Gasteiger charge is -2.03. The number of carbonyl (C=O) groups excluding carboxylic acids is 1. The summed E-state index contributed by atoms with van der Waals surface area (Å²) in [5.41, 5.74) is 0. The molecule has 0 heterocycles. The van der Waals surface area contributed by atoms with Crippen LogP contribution in [0, 0.1) is 0 Å². The van der Waals surface area contributed by atoms with Crippen molar-refractivity contribution >= 4 is 11.9 Å². The number of unbranched alkanes of at least 4 members (excludes halogenated alkanes) is 8. The van der Waals surface area contributed by atoms with E-state index in [0.29, 0.717) is 13.0 Å². The molecule has 0 fully saturated rings. The highest BCUT2D eigenvalue weighted by molar-refractivity contribution is 5.81. The van der Waals surface area contributed by atoms with Gasteiger partial charge in [0.25, 0.3) is 0 Å². The summed E-state index contributed by atoms with van der Waals surface area (Å²) in [5.74, 6) is -1.04. The van der Waals surface area contributed by atoms with E-state index in [0.717, 1.165) is 32.1 Å². The largest absolute Gasteiger partial charge is 0.481 e. The molecule has 4 nitrogen and oxygen atoms in total. The second kappa shape index (κ2) is 13.1. The molecule has 0 aliphatic carbocycles. The predicted octanol–water partition coefficient (Wildman–Crippen LogP) is 3.70. The van der Waals surface area contributed by atoms with Gasteiger partial charge in [-0.25, -0.2) is 4.79 Å². The molecule has 1 N–H and O–H groups in total. The van der Waals surface area contributed by atoms with Crippen molar-refractivity contribution in [2.75, 3.05) is 6.61 Å². The molecule has 0 amide bonds. The number of rotatable bonds is 13. The molecule has 0 spiro atoms. The summed E-state index contributed by atoms with van der Waals surface area (Å²) in [6, 6.07) is 0. The summed E-state index contributed by atoms with van der Waals surface area (Å²) >= 11 is 0. The lowest BCUT2D eigenvalue weighted by atomic mass is 10.1. The van der Waals surface area contributed by atoms with E-state index in [9.17, 15) is 9.59 Å². The molecule has 0 aromatic rings. The summed E-state index contributed by atoms with van der Waals surface area (Å²) in [4.78, 5) is 21.0. The van der Waals surface area contributed by atoms with Crippen LogP contribution < -0.4 is 0 Å². The minimum absolute atomic E-state index is 0.295. The number of carbonyl (C=O) groups is 2. The third-order valence-electron chi connectivity index (χ3n) is 2.95. The SMILES string of the molecule is C=CC(=O)OCCCCCCCCCCCC(=O)O. The molecular weight excluding hydrogens is 244 g/mol. The molecule has 0 saturated heterocycles. The highest BCUT2D eigenvalue weighted by Gasteiger charge is 1.97. The van der Waals surface area contributed by atoms with Crippen LogP contribution in [-0.4, -0.2) is 23.7 Å². The van der Waals surface area contributed by atoms with Crippen LogP contribution in [0.25, 0.3) is 0 Å². The Labute approximate surface area is 115 Å². The summed E-state index contributed by atoms with van der Waals surface area (Å²) in [7, 11) is 0. The third kappa shape index (κ3) is 14.6. The quantitative estimate of drug-likeness (QED) is 0.315. The maximum atomic E-state index is 10.7. The van der Waals surface area contributed by atoms with Gasteiger partial charge in [-0.15, -0.1) is 0 Å². The minimum Gasteiger partial charge on any atom is -0.481 e. The summed E-state index contributed by atoms with van der Waals surface area (Å²) in [5, 5.41) is 8.47. The Hall–Kier alpha value is -1.32. The summed E-state index contributed by atoms with van der Waals surface area (Å²) < 4.78 is 4.88. The molecule has 0 rings (SSSR count). The van der Waals surface area contributed by atoms with Crippen molar-refractivity contribution in [3.63, 3.8) is 0 Å². The average Bonchev–Trinajstić information content (AvgIpc) is 2.39. The van der Waals surface area contributed by atoms with Gasteiger partial charge in [-0.1, -0.05) is 51.5 Å². The molecule has 0 aromatic carbocycles. The van der Waals surface area contributed by atoms with Gasteiger partial charge in [0, 0.05) is 12.5 Å². The Kier molecular flexibility index (Phi) is 12.2. The molecule has 4 heteroatoms.